The van der Waals surface area contributed by atoms with Crippen LogP contribution in [0.2, 0.25) is 0 Å². The molecule has 0 atom stereocenters. The van der Waals surface area contributed by atoms with Crippen LogP contribution in [0.15, 0.2) is 18.3 Å². The summed E-state index contributed by atoms with van der Waals surface area (Å²) in [6.07, 6.45) is 2.44. The monoisotopic (exact) mass is 210 g/mol. The molecule has 84 valence electrons. The zero-order valence-electron chi connectivity index (χ0n) is 9.06. The fourth-order valence-electron chi connectivity index (χ4n) is 1.51. The maximum Gasteiger partial charge on any atom is 0.134 e. The van der Waals surface area contributed by atoms with Crippen molar-refractivity contribution in [3.63, 3.8) is 0 Å². The Hall–Kier alpha value is -1.13. The van der Waals surface area contributed by atoms with Crippen molar-refractivity contribution in [2.24, 2.45) is 0 Å². The number of hydrogen-bond donors (Lipinski definition) is 2. The molecule has 15 heavy (non-hydrogen) atoms. The molecule has 0 radical (unpaired) electrons. The third kappa shape index (κ3) is 3.18. The molecule has 0 unspecified atom stereocenters. The largest absolute Gasteiger partial charge is 0.396 e. The van der Waals surface area contributed by atoms with E-state index in [9.17, 15) is 5.11 Å². The Morgan fingerprint density at radius 3 is 2.80 bits per heavy atom. The van der Waals surface area contributed by atoms with Gasteiger partial charge in [-0.15, -0.1) is 0 Å². The Bertz CT molecular complexity index is 292. The van der Waals surface area contributed by atoms with Gasteiger partial charge in [0.1, 0.15) is 5.82 Å². The summed E-state index contributed by atoms with van der Waals surface area (Å²) in [4.78, 5) is 6.32. The Labute approximate surface area is 90.2 Å². The molecule has 4 heteroatoms. The number of nitrogens with zero attached hydrogens (tertiary/aromatic N) is 2. The van der Waals surface area contributed by atoms with E-state index in [1.54, 1.807) is 6.20 Å². The lowest BCUT2D eigenvalue weighted by molar-refractivity contribution is 0.280. The highest BCUT2D eigenvalue weighted by Gasteiger charge is 2.09. The third-order valence-electron chi connectivity index (χ3n) is 2.31. The highest BCUT2D eigenvalue weighted by Crippen LogP contribution is 2.16. The van der Waals surface area contributed by atoms with Crippen molar-refractivity contribution in [2.75, 3.05) is 24.6 Å². The highest BCUT2D eigenvalue weighted by molar-refractivity contribution is 5.46. The zero-order chi connectivity index (χ0) is 11.1. The van der Waals surface area contributed by atoms with E-state index in [1.165, 1.54) is 0 Å². The van der Waals surface area contributed by atoms with Crippen molar-refractivity contribution < 1.29 is 10.2 Å². The molecule has 0 saturated carbocycles. The van der Waals surface area contributed by atoms with Crippen LogP contribution in [0.4, 0.5) is 5.82 Å². The molecular formula is C11H18N2O2. The molecule has 0 fully saturated rings. The molecular weight excluding hydrogens is 192 g/mol. The first-order valence-corrected chi connectivity index (χ1v) is 5.24. The fraction of sp³-hybridized carbons (Fsp3) is 0.545. The Kier molecular flexibility index (Phi) is 5.07. The second kappa shape index (κ2) is 6.37. The van der Waals surface area contributed by atoms with E-state index in [4.69, 9.17) is 5.11 Å². The van der Waals surface area contributed by atoms with Gasteiger partial charge in [0, 0.05) is 31.5 Å². The normalized spacial score (nSPS) is 10.3. The van der Waals surface area contributed by atoms with Crippen molar-refractivity contribution in [3.8, 4) is 0 Å². The second-order valence-corrected chi connectivity index (χ2v) is 3.30. The van der Waals surface area contributed by atoms with E-state index in [2.05, 4.69) is 9.88 Å². The van der Waals surface area contributed by atoms with E-state index in [1.807, 2.05) is 19.1 Å². The average Bonchev–Trinajstić information content (AvgIpc) is 2.30. The number of aromatic nitrogens is 1. The van der Waals surface area contributed by atoms with Crippen molar-refractivity contribution >= 4 is 5.82 Å². The number of anilines is 1. The summed E-state index contributed by atoms with van der Waals surface area (Å²) >= 11 is 0. The van der Waals surface area contributed by atoms with Crippen molar-refractivity contribution in [2.45, 2.75) is 20.0 Å². The summed E-state index contributed by atoms with van der Waals surface area (Å²) in [5, 5.41) is 18.0. The van der Waals surface area contributed by atoms with Crippen LogP contribution < -0.4 is 4.90 Å². The summed E-state index contributed by atoms with van der Waals surface area (Å²) in [5.41, 5.74) is 0.831. The van der Waals surface area contributed by atoms with E-state index >= 15 is 0 Å². The molecule has 0 aromatic carbocycles. The van der Waals surface area contributed by atoms with Crippen molar-refractivity contribution in [1.29, 1.82) is 0 Å². The molecule has 1 heterocycles. The van der Waals surface area contributed by atoms with Gasteiger partial charge in [-0.25, -0.2) is 4.98 Å². The van der Waals surface area contributed by atoms with Gasteiger partial charge in [0.2, 0.25) is 0 Å². The standard InChI is InChI=1S/C11H18N2O2/c1-2-13(7-4-8-14)11-10(9-15)5-3-6-12-11/h3,5-6,14-15H,2,4,7-9H2,1H3. The molecule has 0 aliphatic carbocycles. The quantitative estimate of drug-likeness (QED) is 0.728. The van der Waals surface area contributed by atoms with Gasteiger partial charge in [-0.05, 0) is 19.4 Å². The number of aliphatic hydroxyl groups excluding tert-OH is 2. The lowest BCUT2D eigenvalue weighted by Crippen LogP contribution is -2.26. The SMILES string of the molecule is CCN(CCCO)c1ncccc1CO. The first-order chi connectivity index (χ1) is 7.33. The van der Waals surface area contributed by atoms with Gasteiger partial charge in [-0.3, -0.25) is 0 Å². The summed E-state index contributed by atoms with van der Waals surface area (Å²) in [7, 11) is 0. The van der Waals surface area contributed by atoms with Gasteiger partial charge in [-0.2, -0.15) is 0 Å². The summed E-state index contributed by atoms with van der Waals surface area (Å²) < 4.78 is 0. The Morgan fingerprint density at radius 2 is 2.20 bits per heavy atom. The Balaban J connectivity index is 2.80. The molecule has 1 rings (SSSR count). The predicted molar refractivity (Wildman–Crippen MR) is 59.7 cm³/mol. The van der Waals surface area contributed by atoms with Crippen LogP contribution >= 0.6 is 0 Å². The summed E-state index contributed by atoms with van der Waals surface area (Å²) in [6, 6.07) is 3.68. The smallest absolute Gasteiger partial charge is 0.134 e. The minimum Gasteiger partial charge on any atom is -0.396 e. The van der Waals surface area contributed by atoms with E-state index in [-0.39, 0.29) is 13.2 Å². The van der Waals surface area contributed by atoms with Gasteiger partial charge in [0.15, 0.2) is 0 Å². The molecule has 0 spiro atoms. The number of rotatable bonds is 6. The molecule has 0 aliphatic heterocycles. The molecule has 0 bridgehead atoms. The van der Waals surface area contributed by atoms with E-state index < -0.39 is 0 Å². The predicted octanol–water partition coefficient (Wildman–Crippen LogP) is 0.783. The van der Waals surface area contributed by atoms with E-state index in [0.717, 1.165) is 30.9 Å². The van der Waals surface area contributed by atoms with Crippen LogP contribution in [0.5, 0.6) is 0 Å². The fourth-order valence-corrected chi connectivity index (χ4v) is 1.51. The van der Waals surface area contributed by atoms with Crippen LogP contribution in [-0.4, -0.2) is 34.9 Å². The molecule has 2 N–H and O–H groups in total. The van der Waals surface area contributed by atoms with Gasteiger partial charge in [0.05, 0.1) is 6.61 Å². The lowest BCUT2D eigenvalue weighted by Gasteiger charge is -2.23. The third-order valence-corrected chi connectivity index (χ3v) is 2.31. The summed E-state index contributed by atoms with van der Waals surface area (Å²) in [5.74, 6) is 0.816. The van der Waals surface area contributed by atoms with Gasteiger partial charge < -0.3 is 15.1 Å². The topological polar surface area (TPSA) is 56.6 Å². The van der Waals surface area contributed by atoms with Crippen LogP contribution in [0, 0.1) is 0 Å². The van der Waals surface area contributed by atoms with Crippen LogP contribution in [0.1, 0.15) is 18.9 Å². The molecule has 1 aromatic heterocycles. The number of hydrogen-bond acceptors (Lipinski definition) is 4. The first-order valence-electron chi connectivity index (χ1n) is 5.24. The number of aliphatic hydroxyl groups is 2. The highest BCUT2D eigenvalue weighted by atomic mass is 16.3. The minimum atomic E-state index is -0.00119. The van der Waals surface area contributed by atoms with Crippen LogP contribution in [0.3, 0.4) is 0 Å². The number of pyridine rings is 1. The first kappa shape index (κ1) is 11.9. The zero-order valence-corrected chi connectivity index (χ0v) is 9.06. The average molecular weight is 210 g/mol. The minimum absolute atomic E-state index is 0.00119. The van der Waals surface area contributed by atoms with Crippen LogP contribution in [0.25, 0.3) is 0 Å². The summed E-state index contributed by atoms with van der Waals surface area (Å²) in [6.45, 7) is 3.80. The second-order valence-electron chi connectivity index (χ2n) is 3.30. The van der Waals surface area contributed by atoms with Gasteiger partial charge in [-0.1, -0.05) is 6.07 Å². The van der Waals surface area contributed by atoms with Gasteiger partial charge in [0.25, 0.3) is 0 Å². The van der Waals surface area contributed by atoms with Crippen molar-refractivity contribution in [1.82, 2.24) is 4.98 Å². The lowest BCUT2D eigenvalue weighted by atomic mass is 10.2. The maximum atomic E-state index is 9.17. The van der Waals surface area contributed by atoms with Gasteiger partial charge >= 0.3 is 0 Å². The molecule has 0 saturated heterocycles. The molecule has 4 nitrogen and oxygen atoms in total. The van der Waals surface area contributed by atoms with E-state index in [0.29, 0.717) is 0 Å². The maximum absolute atomic E-state index is 9.17. The molecule has 1 aromatic rings. The van der Waals surface area contributed by atoms with Crippen LogP contribution in [-0.2, 0) is 6.61 Å². The molecule has 0 amide bonds. The molecule has 0 aliphatic rings. The Morgan fingerprint density at radius 1 is 1.40 bits per heavy atom. The van der Waals surface area contributed by atoms with Crippen molar-refractivity contribution in [3.05, 3.63) is 23.9 Å².